The van der Waals surface area contributed by atoms with Crippen LogP contribution in [0.25, 0.3) is 0 Å². The molecule has 1 aliphatic rings. The van der Waals surface area contributed by atoms with E-state index in [1.54, 1.807) is 0 Å². The van der Waals surface area contributed by atoms with E-state index < -0.39 is 0 Å². The Bertz CT molecular complexity index is 280. The van der Waals surface area contributed by atoms with Gasteiger partial charge in [-0.05, 0) is 66.7 Å². The highest BCUT2D eigenvalue weighted by Gasteiger charge is 2.20. The topological polar surface area (TPSA) is 30.3 Å². The lowest BCUT2D eigenvalue weighted by Crippen LogP contribution is -2.38. The highest BCUT2D eigenvalue weighted by Crippen LogP contribution is 2.22. The van der Waals surface area contributed by atoms with Crippen LogP contribution in [-0.4, -0.2) is 49.1 Å². The maximum Gasteiger partial charge on any atom is 0.0683 e. The van der Waals surface area contributed by atoms with Gasteiger partial charge in [0.15, 0.2) is 0 Å². The number of nitrogens with zero attached hydrogens (tertiary/aromatic N) is 3. The van der Waals surface area contributed by atoms with Gasteiger partial charge in [-0.3, -0.25) is 4.90 Å². The molecule has 1 rings (SSSR count). The molecular formula is C15H29N3. The molecule has 1 fully saturated rings. The Morgan fingerprint density at radius 3 is 2.67 bits per heavy atom. The molecule has 0 bridgehead atoms. The van der Waals surface area contributed by atoms with Gasteiger partial charge >= 0.3 is 0 Å². The van der Waals surface area contributed by atoms with Crippen molar-refractivity contribution in [1.82, 2.24) is 9.80 Å². The molecule has 0 radical (unpaired) electrons. The average Bonchev–Trinajstić information content (AvgIpc) is 2.46. The average molecular weight is 251 g/mol. The van der Waals surface area contributed by atoms with Crippen molar-refractivity contribution in [3.05, 3.63) is 0 Å². The van der Waals surface area contributed by atoms with E-state index >= 15 is 0 Å². The van der Waals surface area contributed by atoms with Gasteiger partial charge in [0, 0.05) is 12.6 Å². The number of likely N-dealkylation sites (N-methyl/N-ethyl adjacent to an activating group) is 1. The quantitative estimate of drug-likeness (QED) is 0.704. The third kappa shape index (κ3) is 5.37. The molecule has 0 aromatic rings. The van der Waals surface area contributed by atoms with Crippen molar-refractivity contribution in [3.63, 3.8) is 0 Å². The molecule has 1 heterocycles. The van der Waals surface area contributed by atoms with E-state index in [1.165, 1.54) is 45.4 Å². The number of unbranched alkanes of at least 4 members (excludes halogenated alkanes) is 1. The Morgan fingerprint density at radius 2 is 2.00 bits per heavy atom. The SMILES string of the molecule is CC1CN(C)CCCN1CCCCC(C)(C)C#N. The maximum atomic E-state index is 8.98. The van der Waals surface area contributed by atoms with Crippen LogP contribution in [0.2, 0.25) is 0 Å². The minimum atomic E-state index is -0.148. The third-order valence-corrected chi connectivity index (χ3v) is 3.98. The van der Waals surface area contributed by atoms with Gasteiger partial charge in [-0.25, -0.2) is 0 Å². The zero-order valence-electron chi connectivity index (χ0n) is 12.6. The Balaban J connectivity index is 2.24. The molecule has 1 aliphatic heterocycles. The second-order valence-corrected chi connectivity index (χ2v) is 6.45. The van der Waals surface area contributed by atoms with E-state index in [2.05, 4.69) is 29.8 Å². The summed E-state index contributed by atoms with van der Waals surface area (Å²) in [6.45, 7) is 11.2. The highest BCUT2D eigenvalue weighted by molar-refractivity contribution is 4.91. The molecule has 3 nitrogen and oxygen atoms in total. The molecule has 0 saturated carbocycles. The van der Waals surface area contributed by atoms with Crippen molar-refractivity contribution < 1.29 is 0 Å². The summed E-state index contributed by atoms with van der Waals surface area (Å²) in [6.07, 6.45) is 4.69. The summed E-state index contributed by atoms with van der Waals surface area (Å²) in [5, 5.41) is 8.98. The first-order chi connectivity index (χ1) is 8.44. The first kappa shape index (κ1) is 15.5. The standard InChI is InChI=1S/C15H29N3/c1-14-12-17(4)9-7-11-18(14)10-6-5-8-15(2,3)13-16/h14H,5-12H2,1-4H3. The van der Waals surface area contributed by atoms with E-state index in [-0.39, 0.29) is 5.41 Å². The first-order valence-electron chi connectivity index (χ1n) is 7.28. The Hall–Kier alpha value is -0.590. The van der Waals surface area contributed by atoms with Crippen LogP contribution in [0, 0.1) is 16.7 Å². The number of nitriles is 1. The zero-order chi connectivity index (χ0) is 13.6. The van der Waals surface area contributed by atoms with E-state index in [0.717, 1.165) is 6.42 Å². The van der Waals surface area contributed by atoms with Crippen molar-refractivity contribution >= 4 is 0 Å². The second kappa shape index (κ2) is 7.11. The third-order valence-electron chi connectivity index (χ3n) is 3.98. The van der Waals surface area contributed by atoms with Gasteiger partial charge in [0.05, 0.1) is 11.5 Å². The van der Waals surface area contributed by atoms with Gasteiger partial charge in [0.2, 0.25) is 0 Å². The number of rotatable bonds is 5. The second-order valence-electron chi connectivity index (χ2n) is 6.45. The highest BCUT2D eigenvalue weighted by atomic mass is 15.2. The Kier molecular flexibility index (Phi) is 6.11. The molecule has 1 saturated heterocycles. The zero-order valence-corrected chi connectivity index (χ0v) is 12.6. The van der Waals surface area contributed by atoms with Crippen molar-refractivity contribution in [2.24, 2.45) is 5.41 Å². The smallest absolute Gasteiger partial charge is 0.0683 e. The van der Waals surface area contributed by atoms with Gasteiger partial charge < -0.3 is 4.90 Å². The van der Waals surface area contributed by atoms with Crippen LogP contribution < -0.4 is 0 Å². The Labute approximate surface area is 113 Å². The molecule has 0 aromatic heterocycles. The largest absolute Gasteiger partial charge is 0.305 e. The molecule has 0 spiro atoms. The summed E-state index contributed by atoms with van der Waals surface area (Å²) >= 11 is 0. The maximum absolute atomic E-state index is 8.98. The van der Waals surface area contributed by atoms with Gasteiger partial charge in [0.25, 0.3) is 0 Å². The monoisotopic (exact) mass is 251 g/mol. The van der Waals surface area contributed by atoms with Gasteiger partial charge in [-0.1, -0.05) is 6.42 Å². The lowest BCUT2D eigenvalue weighted by atomic mass is 9.89. The summed E-state index contributed by atoms with van der Waals surface area (Å²) in [7, 11) is 2.22. The summed E-state index contributed by atoms with van der Waals surface area (Å²) in [4.78, 5) is 5.05. The van der Waals surface area contributed by atoms with E-state index in [4.69, 9.17) is 5.26 Å². The molecule has 18 heavy (non-hydrogen) atoms. The fourth-order valence-electron chi connectivity index (χ4n) is 2.69. The Morgan fingerprint density at radius 1 is 1.28 bits per heavy atom. The molecule has 0 amide bonds. The predicted octanol–water partition coefficient (Wildman–Crippen LogP) is 2.73. The van der Waals surface area contributed by atoms with Gasteiger partial charge in [0.1, 0.15) is 0 Å². The molecule has 0 aromatic carbocycles. The van der Waals surface area contributed by atoms with Crippen LogP contribution in [0.5, 0.6) is 0 Å². The fourth-order valence-corrected chi connectivity index (χ4v) is 2.69. The van der Waals surface area contributed by atoms with Gasteiger partial charge in [-0.15, -0.1) is 0 Å². The summed E-state index contributed by atoms with van der Waals surface area (Å²) in [5.41, 5.74) is -0.148. The molecule has 0 N–H and O–H groups in total. The van der Waals surface area contributed by atoms with Crippen molar-refractivity contribution in [2.45, 2.75) is 52.5 Å². The van der Waals surface area contributed by atoms with Crippen LogP contribution in [0.4, 0.5) is 0 Å². The molecular weight excluding hydrogens is 222 g/mol. The summed E-state index contributed by atoms with van der Waals surface area (Å²) < 4.78 is 0. The van der Waals surface area contributed by atoms with Crippen LogP contribution in [0.15, 0.2) is 0 Å². The number of hydrogen-bond donors (Lipinski definition) is 0. The van der Waals surface area contributed by atoms with Crippen molar-refractivity contribution in [1.29, 1.82) is 5.26 Å². The molecule has 1 unspecified atom stereocenters. The molecule has 104 valence electrons. The van der Waals surface area contributed by atoms with Crippen LogP contribution in [0.1, 0.15) is 46.5 Å². The molecule has 3 heteroatoms. The lowest BCUT2D eigenvalue weighted by molar-refractivity contribution is 0.196. The van der Waals surface area contributed by atoms with Gasteiger partial charge in [-0.2, -0.15) is 5.26 Å². The van der Waals surface area contributed by atoms with E-state index in [1.807, 2.05) is 13.8 Å². The van der Waals surface area contributed by atoms with Crippen LogP contribution in [-0.2, 0) is 0 Å². The normalized spacial score (nSPS) is 23.6. The molecule has 1 atom stereocenters. The first-order valence-corrected chi connectivity index (χ1v) is 7.28. The summed E-state index contributed by atoms with van der Waals surface area (Å²) in [5.74, 6) is 0. The number of hydrogen-bond acceptors (Lipinski definition) is 3. The lowest BCUT2D eigenvalue weighted by Gasteiger charge is -2.28. The van der Waals surface area contributed by atoms with E-state index in [9.17, 15) is 0 Å². The van der Waals surface area contributed by atoms with E-state index in [0.29, 0.717) is 6.04 Å². The summed E-state index contributed by atoms with van der Waals surface area (Å²) in [6, 6.07) is 3.05. The van der Waals surface area contributed by atoms with Crippen LogP contribution in [0.3, 0.4) is 0 Å². The van der Waals surface area contributed by atoms with Crippen molar-refractivity contribution in [2.75, 3.05) is 33.2 Å². The fraction of sp³-hybridized carbons (Fsp3) is 0.933. The molecule has 0 aliphatic carbocycles. The van der Waals surface area contributed by atoms with Crippen LogP contribution >= 0.6 is 0 Å². The van der Waals surface area contributed by atoms with Crippen molar-refractivity contribution in [3.8, 4) is 6.07 Å². The minimum Gasteiger partial charge on any atom is -0.305 e. The minimum absolute atomic E-state index is 0.148. The predicted molar refractivity (Wildman–Crippen MR) is 76.4 cm³/mol.